The number of para-hydroxylation sites is 2. The summed E-state index contributed by atoms with van der Waals surface area (Å²) in [6.45, 7) is 44.7. The minimum atomic E-state index is -1.06. The molecule has 0 radical (unpaired) electrons. The van der Waals surface area contributed by atoms with Crippen LogP contribution in [0.4, 0.5) is 35.3 Å². The third-order valence-electron chi connectivity index (χ3n) is 18.4. The van der Waals surface area contributed by atoms with Gasteiger partial charge >= 0.3 is 30.6 Å². The zero-order chi connectivity index (χ0) is 88.5. The van der Waals surface area contributed by atoms with Crippen molar-refractivity contribution in [2.45, 2.75) is 304 Å². The van der Waals surface area contributed by atoms with E-state index in [9.17, 15) is 43.8 Å². The quantitative estimate of drug-likeness (QED) is 0.0101. The lowest BCUT2D eigenvalue weighted by Gasteiger charge is -2.36. The van der Waals surface area contributed by atoms with E-state index in [1.165, 1.54) is 13.8 Å². The first-order chi connectivity index (χ1) is 55.2. The molecule has 6 aromatic rings. The van der Waals surface area contributed by atoms with Gasteiger partial charge in [0, 0.05) is 38.3 Å². The molecule has 0 unspecified atom stereocenters. The van der Waals surface area contributed by atoms with Crippen LogP contribution in [0.25, 0.3) is 32.2 Å². The molecular formula is C89H134N12O19. The number of hydrazine groups is 1. The SMILES string of the molecule is C.CC(C)(C)OC(=O)NC1CCC(O)CC1.CC(C)(C)OC(=O)OC(=O)OC(C)(C)C.CN(C(=O)OC(C)(C)C)C1CCC(O)CC1.CNC1CCC(O)CC1.NN.O.[C-]#[N+]c1c(-c2ccc(Oc3ccccc3)cc2)n[nH]c1C(C)=O.[C-]#[N+]c1c(-c2ccc(Oc3ccccc3)cc2)nn(C2CCC(N(C)C(=O)OC(C)(C)C)CC2)c1C(C)=O. The second kappa shape index (κ2) is 49.9. The topological polar surface area (TPSA) is 423 Å². The van der Waals surface area contributed by atoms with Crippen LogP contribution in [0.1, 0.15) is 255 Å². The summed E-state index contributed by atoms with van der Waals surface area (Å²) >= 11 is 0. The molecule has 31 nitrogen and oxygen atoms in total. The number of aliphatic hydroxyl groups excluding tert-OH is 3. The maximum absolute atomic E-state index is 12.7. The van der Waals surface area contributed by atoms with Gasteiger partial charge in [-0.3, -0.25) is 31.1 Å². The van der Waals surface area contributed by atoms with Crippen molar-refractivity contribution >= 4 is 53.5 Å². The molecule has 3 amide bonds. The van der Waals surface area contributed by atoms with Crippen LogP contribution < -0.4 is 31.8 Å². The van der Waals surface area contributed by atoms with E-state index >= 15 is 0 Å². The van der Waals surface area contributed by atoms with Crippen molar-refractivity contribution in [3.8, 4) is 45.5 Å². The molecular weight excluding hydrogens is 1540 g/mol. The number of carbonyl (C=O) groups is 7. The Hall–Kier alpha value is -10.5. The first-order valence-electron chi connectivity index (χ1n) is 40.0. The van der Waals surface area contributed by atoms with Crippen LogP contribution in [0.5, 0.6) is 23.0 Å². The maximum atomic E-state index is 12.7. The Kier molecular flexibility index (Phi) is 43.9. The molecule has 0 saturated heterocycles. The number of carbonyl (C=O) groups excluding carboxylic acids is 7. The van der Waals surface area contributed by atoms with E-state index < -0.39 is 40.3 Å². The number of rotatable bonds is 13. The molecule has 0 spiro atoms. The molecule has 0 atom stereocenters. The number of aromatic amines is 1. The van der Waals surface area contributed by atoms with Crippen molar-refractivity contribution in [2.75, 3.05) is 21.1 Å². The minimum absolute atomic E-state index is 0. The summed E-state index contributed by atoms with van der Waals surface area (Å²) < 4.78 is 43.1. The number of ether oxygens (including phenoxy) is 8. The molecule has 120 heavy (non-hydrogen) atoms. The van der Waals surface area contributed by atoms with E-state index in [4.69, 9.17) is 56.5 Å². The van der Waals surface area contributed by atoms with Gasteiger partial charge in [0.2, 0.25) is 11.4 Å². The number of aromatic nitrogens is 4. The largest absolute Gasteiger partial charge is 0.519 e. The lowest BCUT2D eigenvalue weighted by Crippen LogP contribution is -2.42. The molecule has 12 N–H and O–H groups in total. The number of nitrogens with two attached hydrogens (primary N) is 2. The fourth-order valence-electron chi connectivity index (χ4n) is 12.6. The Morgan fingerprint density at radius 2 is 0.817 bits per heavy atom. The highest BCUT2D eigenvalue weighted by Crippen LogP contribution is 2.41. The fraction of sp³-hybridized carbons (Fsp3) is 0.562. The van der Waals surface area contributed by atoms with E-state index in [2.05, 4.69) is 46.9 Å². The van der Waals surface area contributed by atoms with Crippen LogP contribution in [-0.2, 0) is 28.4 Å². The van der Waals surface area contributed by atoms with Crippen molar-refractivity contribution in [1.29, 1.82) is 0 Å². The summed E-state index contributed by atoms with van der Waals surface area (Å²) in [5.41, 5.74) is 0.708. The Balaban J connectivity index is 0.000000515. The number of Topliss-reactive ketones (excluding diaryl/α,β-unsaturated/α-hetero) is 2. The number of nitrogens with zero attached hydrogens (tertiary/aromatic N) is 7. The van der Waals surface area contributed by atoms with Gasteiger partial charge < -0.3 is 79.1 Å². The summed E-state index contributed by atoms with van der Waals surface area (Å²) in [7, 11) is 5.53. The third kappa shape index (κ3) is 38.7. The van der Waals surface area contributed by atoms with Crippen LogP contribution in [0.15, 0.2) is 109 Å². The van der Waals surface area contributed by atoms with Gasteiger partial charge in [-0.25, -0.2) is 33.7 Å². The van der Waals surface area contributed by atoms with E-state index in [1.54, 1.807) is 82.3 Å². The number of ketones is 2. The number of hydrogen-bond acceptors (Lipinski definition) is 23. The summed E-state index contributed by atoms with van der Waals surface area (Å²) in [4.78, 5) is 92.4. The van der Waals surface area contributed by atoms with Crippen molar-refractivity contribution in [1.82, 2.24) is 40.4 Å². The van der Waals surface area contributed by atoms with Gasteiger partial charge in [0.1, 0.15) is 62.4 Å². The van der Waals surface area contributed by atoms with Gasteiger partial charge in [-0.1, -0.05) is 68.1 Å². The van der Waals surface area contributed by atoms with Crippen molar-refractivity contribution in [3.05, 3.63) is 143 Å². The van der Waals surface area contributed by atoms with Crippen LogP contribution in [0.2, 0.25) is 0 Å². The molecule has 4 aliphatic carbocycles. The predicted octanol–water partition coefficient (Wildman–Crippen LogP) is 18.1. The Morgan fingerprint density at radius 3 is 1.16 bits per heavy atom. The number of H-pyrrole nitrogens is 1. The molecule has 4 aliphatic rings. The van der Waals surface area contributed by atoms with Gasteiger partial charge in [-0.15, -0.1) is 0 Å². The van der Waals surface area contributed by atoms with Gasteiger partial charge in [0.25, 0.3) is 0 Å². The molecule has 664 valence electrons. The highest BCUT2D eigenvalue weighted by molar-refractivity contribution is 6.02. The molecule has 4 fully saturated rings. The lowest BCUT2D eigenvalue weighted by molar-refractivity contribution is -0.0295. The van der Waals surface area contributed by atoms with E-state index in [1.807, 2.05) is 166 Å². The zero-order valence-electron chi connectivity index (χ0n) is 73.1. The second-order valence-corrected chi connectivity index (χ2v) is 34.1. The molecule has 0 bridgehead atoms. The summed E-state index contributed by atoms with van der Waals surface area (Å²) in [6.07, 6.45) is 10.2. The molecule has 0 aliphatic heterocycles. The highest BCUT2D eigenvalue weighted by Gasteiger charge is 2.35. The van der Waals surface area contributed by atoms with Crippen molar-refractivity contribution in [3.63, 3.8) is 0 Å². The number of alkyl carbamates (subject to hydrolysis) is 1. The van der Waals surface area contributed by atoms with E-state index in [0.29, 0.717) is 34.6 Å². The lowest BCUT2D eigenvalue weighted by atomic mass is 9.90. The third-order valence-corrected chi connectivity index (χ3v) is 18.4. The van der Waals surface area contributed by atoms with E-state index in [0.717, 1.165) is 125 Å². The average Bonchev–Trinajstić information content (AvgIpc) is 1.62. The minimum Gasteiger partial charge on any atom is -0.457 e. The number of aliphatic hydroxyl groups is 3. The number of benzene rings is 4. The highest BCUT2D eigenvalue weighted by atomic mass is 16.8. The number of hydrogen-bond donors (Lipinski definition) is 8. The molecule has 10 rings (SSSR count). The second-order valence-electron chi connectivity index (χ2n) is 34.1. The van der Waals surface area contributed by atoms with Crippen LogP contribution in [0, 0.1) is 13.1 Å². The maximum Gasteiger partial charge on any atom is 0.519 e. The zero-order valence-corrected chi connectivity index (χ0v) is 73.1. The first kappa shape index (κ1) is 106. The van der Waals surface area contributed by atoms with E-state index in [-0.39, 0.29) is 102 Å². The number of amides is 3. The molecule has 4 aromatic carbocycles. The van der Waals surface area contributed by atoms with Crippen LogP contribution in [-0.4, -0.2) is 184 Å². The molecule has 2 aromatic heterocycles. The molecule has 31 heteroatoms. The Bertz CT molecular complexity index is 4150. The van der Waals surface area contributed by atoms with Gasteiger partial charge in [-0.2, -0.15) is 10.2 Å². The van der Waals surface area contributed by atoms with Crippen LogP contribution in [0.3, 0.4) is 0 Å². The Labute approximate surface area is 709 Å². The van der Waals surface area contributed by atoms with Gasteiger partial charge in [-0.05, 0) is 287 Å². The standard InChI is InChI=1S/C30H34N4O4.C18H13N3O2.C12H23NO3.C11H21NO3.C10H18O5.C7H15NO.CH4.H4N2.H2O/c1-20(35)28-27(31-5)26(21-12-18-25(19-13-21)37-24-10-8-7-9-11-24)32-34(28)23-16-14-22(15-17-23)33(6)29(36)38-30(2,3)4;1-12(22)16-18(19-2)17(21-20-16)13-8-10-15(11-9-13)23-14-6-4-3-5-7-14;1-12(2,3)16-11(15)13(4)9-5-7-10(14)8-6-9;1-11(2,3)15-10(14)12-8-4-6-9(13)7-5-8;1-9(2,3)14-7(11)13-8(12)15-10(4,5)6;1-8-6-2-4-7(9)5-3-6;;1-2;/h7-13,18-19,22-23H,14-17H2,1-4,6H3;3-11H,1H3,(H,20,21);9-10,14H,5-8H2,1-4H3;8-9,13H,4-7H2,1-3H3,(H,12,14);1-6H3;6-9H,2-5H2,1H3;1H4;1-2H2;1H2. The van der Waals surface area contributed by atoms with Crippen molar-refractivity contribution in [2.24, 2.45) is 11.7 Å². The first-order valence-corrected chi connectivity index (χ1v) is 40.0. The van der Waals surface area contributed by atoms with Gasteiger partial charge in [0.05, 0.1) is 48.9 Å². The van der Waals surface area contributed by atoms with Crippen molar-refractivity contribution < 1.29 is 92.3 Å². The summed E-state index contributed by atoms with van der Waals surface area (Å²) in [5, 5.41) is 45.4. The summed E-state index contributed by atoms with van der Waals surface area (Å²) in [5.74, 6) is 10.4. The van der Waals surface area contributed by atoms with Gasteiger partial charge in [0.15, 0.2) is 11.6 Å². The molecule has 2 heterocycles. The molecule has 4 saturated carbocycles. The number of nitrogens with one attached hydrogen (secondary N) is 3. The smallest absolute Gasteiger partial charge is 0.457 e. The monoisotopic (exact) mass is 1670 g/mol. The summed E-state index contributed by atoms with van der Waals surface area (Å²) in [6, 6.07) is 34.6. The van der Waals surface area contributed by atoms with Crippen LogP contribution >= 0.6 is 0 Å². The fourth-order valence-corrected chi connectivity index (χ4v) is 12.6. The average molecular weight is 1680 g/mol. The normalized spacial score (nSPS) is 18.6. The Morgan fingerprint density at radius 1 is 0.475 bits per heavy atom. The predicted molar refractivity (Wildman–Crippen MR) is 462 cm³/mol.